The van der Waals surface area contributed by atoms with Gasteiger partial charge < -0.3 is 9.15 Å². The smallest absolute Gasteiger partial charge is 0.336 e. The summed E-state index contributed by atoms with van der Waals surface area (Å²) in [4.78, 5) is 16.8. The Hall–Kier alpha value is -2.34. The number of piperazine rings is 1. The van der Waals surface area contributed by atoms with Crippen LogP contribution in [0.1, 0.15) is 18.1 Å². The Morgan fingerprint density at radius 2 is 1.66 bits per heavy atom. The van der Waals surface area contributed by atoms with Crippen molar-refractivity contribution >= 4 is 22.6 Å². The first-order valence-electron chi connectivity index (χ1n) is 9.99. The first-order chi connectivity index (χ1) is 14.1. The SMILES string of the molecule is CCOc1ccc2oc(=O)cc(CN3CCN(Cc4ccc(Cl)cc4)CC3)c2c1. The summed E-state index contributed by atoms with van der Waals surface area (Å²) >= 11 is 5.97. The van der Waals surface area contributed by atoms with E-state index in [4.69, 9.17) is 20.8 Å². The van der Waals surface area contributed by atoms with E-state index in [-0.39, 0.29) is 5.63 Å². The van der Waals surface area contributed by atoms with Crippen molar-refractivity contribution in [2.45, 2.75) is 20.0 Å². The molecule has 1 saturated heterocycles. The molecular weight excluding hydrogens is 388 g/mol. The average Bonchev–Trinajstić information content (AvgIpc) is 2.72. The van der Waals surface area contributed by atoms with Crippen LogP contribution in [0.3, 0.4) is 0 Å². The highest BCUT2D eigenvalue weighted by Crippen LogP contribution is 2.24. The Bertz CT molecular complexity index is 1020. The van der Waals surface area contributed by atoms with Gasteiger partial charge in [-0.15, -0.1) is 0 Å². The van der Waals surface area contributed by atoms with Gasteiger partial charge in [-0.3, -0.25) is 9.80 Å². The summed E-state index contributed by atoms with van der Waals surface area (Å²) in [5, 5.41) is 1.71. The summed E-state index contributed by atoms with van der Waals surface area (Å²) in [5.74, 6) is 0.794. The van der Waals surface area contributed by atoms with E-state index in [9.17, 15) is 4.79 Å². The highest BCUT2D eigenvalue weighted by atomic mass is 35.5. The molecule has 2 aromatic carbocycles. The molecular formula is C23H25ClN2O3. The molecule has 1 fully saturated rings. The maximum absolute atomic E-state index is 12.0. The van der Waals surface area contributed by atoms with Crippen LogP contribution in [0.25, 0.3) is 11.0 Å². The average molecular weight is 413 g/mol. The summed E-state index contributed by atoms with van der Waals surface area (Å²) in [6, 6.07) is 15.3. The lowest BCUT2D eigenvalue weighted by Gasteiger charge is -2.34. The molecule has 2 heterocycles. The van der Waals surface area contributed by atoms with Crippen molar-refractivity contribution in [3.05, 3.63) is 75.1 Å². The van der Waals surface area contributed by atoms with Crippen molar-refractivity contribution in [1.29, 1.82) is 0 Å². The van der Waals surface area contributed by atoms with Crippen molar-refractivity contribution in [2.24, 2.45) is 0 Å². The van der Waals surface area contributed by atoms with E-state index in [1.165, 1.54) is 5.56 Å². The van der Waals surface area contributed by atoms with E-state index < -0.39 is 0 Å². The molecule has 0 amide bonds. The molecule has 0 saturated carbocycles. The molecule has 0 spiro atoms. The maximum atomic E-state index is 12.0. The molecule has 3 aromatic rings. The van der Waals surface area contributed by atoms with E-state index in [0.29, 0.717) is 12.2 Å². The first kappa shape index (κ1) is 20.0. The molecule has 0 aliphatic carbocycles. The highest BCUT2D eigenvalue weighted by Gasteiger charge is 2.19. The number of benzene rings is 2. The summed E-state index contributed by atoms with van der Waals surface area (Å²) < 4.78 is 11.0. The minimum absolute atomic E-state index is 0.307. The van der Waals surface area contributed by atoms with Crippen LogP contribution in [-0.2, 0) is 13.1 Å². The second-order valence-corrected chi connectivity index (χ2v) is 7.80. The van der Waals surface area contributed by atoms with Gasteiger partial charge in [0.25, 0.3) is 0 Å². The van der Waals surface area contributed by atoms with Gasteiger partial charge in [-0.05, 0) is 48.4 Å². The number of ether oxygens (including phenoxy) is 1. The summed E-state index contributed by atoms with van der Waals surface area (Å²) in [7, 11) is 0. The lowest BCUT2D eigenvalue weighted by Crippen LogP contribution is -2.45. The van der Waals surface area contributed by atoms with Crippen molar-refractivity contribution < 1.29 is 9.15 Å². The second kappa shape index (κ2) is 8.99. The Morgan fingerprint density at radius 3 is 2.34 bits per heavy atom. The molecule has 0 unspecified atom stereocenters. The lowest BCUT2D eigenvalue weighted by atomic mass is 10.1. The summed E-state index contributed by atoms with van der Waals surface area (Å²) in [5.41, 5.74) is 2.57. The lowest BCUT2D eigenvalue weighted by molar-refractivity contribution is 0.122. The van der Waals surface area contributed by atoms with Gasteiger partial charge in [0.2, 0.25) is 0 Å². The van der Waals surface area contributed by atoms with Crippen LogP contribution < -0.4 is 10.4 Å². The van der Waals surface area contributed by atoms with Crippen LogP contribution in [0.4, 0.5) is 0 Å². The number of nitrogens with zero attached hydrogens (tertiary/aromatic N) is 2. The molecule has 29 heavy (non-hydrogen) atoms. The third-order valence-electron chi connectivity index (χ3n) is 5.29. The van der Waals surface area contributed by atoms with E-state index >= 15 is 0 Å². The molecule has 5 nitrogen and oxygen atoms in total. The van der Waals surface area contributed by atoms with Crippen LogP contribution in [0, 0.1) is 0 Å². The van der Waals surface area contributed by atoms with Crippen molar-refractivity contribution in [1.82, 2.24) is 9.80 Å². The van der Waals surface area contributed by atoms with Crippen LogP contribution in [0.5, 0.6) is 5.75 Å². The van der Waals surface area contributed by atoms with Crippen molar-refractivity contribution in [3.63, 3.8) is 0 Å². The van der Waals surface area contributed by atoms with Crippen LogP contribution in [0.2, 0.25) is 5.02 Å². The third kappa shape index (κ3) is 4.99. The number of fused-ring (bicyclic) bond motifs is 1. The molecule has 0 bridgehead atoms. The molecule has 4 rings (SSSR count). The zero-order valence-electron chi connectivity index (χ0n) is 16.6. The second-order valence-electron chi connectivity index (χ2n) is 7.36. The Morgan fingerprint density at radius 1 is 0.966 bits per heavy atom. The highest BCUT2D eigenvalue weighted by molar-refractivity contribution is 6.30. The summed E-state index contributed by atoms with van der Waals surface area (Å²) in [6.07, 6.45) is 0. The maximum Gasteiger partial charge on any atom is 0.336 e. The zero-order valence-corrected chi connectivity index (χ0v) is 17.3. The number of halogens is 1. The number of rotatable bonds is 6. The van der Waals surface area contributed by atoms with Crippen molar-refractivity contribution in [3.8, 4) is 5.75 Å². The molecule has 1 aliphatic heterocycles. The predicted molar refractivity (Wildman–Crippen MR) is 116 cm³/mol. The Kier molecular flexibility index (Phi) is 6.19. The topological polar surface area (TPSA) is 45.9 Å². The molecule has 152 valence electrons. The molecule has 0 radical (unpaired) electrons. The largest absolute Gasteiger partial charge is 0.494 e. The fourth-order valence-corrected chi connectivity index (χ4v) is 3.91. The fourth-order valence-electron chi connectivity index (χ4n) is 3.79. The minimum atomic E-state index is -0.307. The van der Waals surface area contributed by atoms with Gasteiger partial charge in [0.15, 0.2) is 0 Å². The van der Waals surface area contributed by atoms with Crippen molar-refractivity contribution in [2.75, 3.05) is 32.8 Å². The Balaban J connectivity index is 1.43. The van der Waals surface area contributed by atoms with E-state index in [2.05, 4.69) is 21.9 Å². The standard InChI is InChI=1S/C23H25ClN2O3/c1-2-28-20-7-8-22-21(14-20)18(13-23(27)29-22)16-26-11-9-25(10-12-26)15-17-3-5-19(24)6-4-17/h3-8,13-14H,2,9-12,15-16H2,1H3. The third-order valence-corrected chi connectivity index (χ3v) is 5.54. The molecule has 0 N–H and O–H groups in total. The normalized spacial score (nSPS) is 15.7. The number of hydrogen-bond acceptors (Lipinski definition) is 5. The van der Waals surface area contributed by atoms with Gasteiger partial charge in [-0.1, -0.05) is 23.7 Å². The monoisotopic (exact) mass is 412 g/mol. The quantitative estimate of drug-likeness (QED) is 0.569. The van der Waals surface area contributed by atoms with E-state index in [1.807, 2.05) is 37.3 Å². The van der Waals surface area contributed by atoms with Crippen LogP contribution >= 0.6 is 11.6 Å². The predicted octanol–water partition coefficient (Wildman–Crippen LogP) is 4.16. The molecule has 0 atom stereocenters. The zero-order chi connectivity index (χ0) is 20.2. The van der Waals surface area contributed by atoms with Crippen LogP contribution in [-0.4, -0.2) is 42.6 Å². The van der Waals surface area contributed by atoms with Gasteiger partial charge in [-0.25, -0.2) is 4.79 Å². The van der Waals surface area contributed by atoms with E-state index in [1.54, 1.807) is 6.07 Å². The van der Waals surface area contributed by atoms with E-state index in [0.717, 1.165) is 61.0 Å². The van der Waals surface area contributed by atoms with Gasteiger partial charge in [0.1, 0.15) is 11.3 Å². The Labute approximate surface area is 175 Å². The molecule has 1 aromatic heterocycles. The van der Waals surface area contributed by atoms with Gasteiger partial charge >= 0.3 is 5.63 Å². The van der Waals surface area contributed by atoms with Crippen LogP contribution in [0.15, 0.2) is 57.7 Å². The molecule has 6 heteroatoms. The minimum Gasteiger partial charge on any atom is -0.494 e. The van der Waals surface area contributed by atoms with Gasteiger partial charge in [0.05, 0.1) is 6.61 Å². The first-order valence-corrected chi connectivity index (χ1v) is 10.4. The van der Waals surface area contributed by atoms with Gasteiger partial charge in [-0.2, -0.15) is 0 Å². The summed E-state index contributed by atoms with van der Waals surface area (Å²) in [6.45, 7) is 8.12. The fraction of sp³-hybridized carbons (Fsp3) is 0.348. The molecule has 1 aliphatic rings. The number of hydrogen-bond donors (Lipinski definition) is 0. The van der Waals surface area contributed by atoms with Gasteiger partial charge in [0, 0.05) is 55.7 Å².